The maximum atomic E-state index is 13.4. The Balaban J connectivity index is 1.24. The Morgan fingerprint density at radius 1 is 1.06 bits per heavy atom. The van der Waals surface area contributed by atoms with Crippen molar-refractivity contribution in [2.24, 2.45) is 5.92 Å². The zero-order valence-corrected chi connectivity index (χ0v) is 20.0. The van der Waals surface area contributed by atoms with Crippen molar-refractivity contribution < 1.29 is 27.1 Å². The molecule has 9 heteroatoms. The van der Waals surface area contributed by atoms with Gasteiger partial charge in [-0.3, -0.25) is 4.79 Å². The Morgan fingerprint density at radius 2 is 1.74 bits per heavy atom. The normalized spacial score (nSPS) is 22.6. The number of sulfonamides is 1. The summed E-state index contributed by atoms with van der Waals surface area (Å²) in [6, 6.07) is 11.1. The van der Waals surface area contributed by atoms with Gasteiger partial charge in [-0.2, -0.15) is 4.31 Å². The van der Waals surface area contributed by atoms with Gasteiger partial charge >= 0.3 is 0 Å². The van der Waals surface area contributed by atoms with E-state index in [9.17, 15) is 17.6 Å². The van der Waals surface area contributed by atoms with Crippen LogP contribution in [0.25, 0.3) is 0 Å². The quantitative estimate of drug-likeness (QED) is 0.603. The van der Waals surface area contributed by atoms with Crippen LogP contribution in [0.15, 0.2) is 47.4 Å². The number of ketones is 1. The molecule has 3 heterocycles. The van der Waals surface area contributed by atoms with Gasteiger partial charge in [0.25, 0.3) is 0 Å². The molecular weight excluding hydrogens is 459 g/mol. The lowest BCUT2D eigenvalue weighted by molar-refractivity contribution is -0.176. The number of fused-ring (bicyclic) bond motifs is 2. The van der Waals surface area contributed by atoms with E-state index in [-0.39, 0.29) is 29.0 Å². The molecule has 2 aromatic rings. The van der Waals surface area contributed by atoms with Gasteiger partial charge in [0.05, 0.1) is 24.7 Å². The number of benzene rings is 2. The average Bonchev–Trinajstić information content (AvgIpc) is 3.30. The van der Waals surface area contributed by atoms with Crippen LogP contribution in [0.2, 0.25) is 0 Å². The fourth-order valence-corrected chi connectivity index (χ4v) is 6.90. The zero-order chi connectivity index (χ0) is 23.9. The third-order valence-electron chi connectivity index (χ3n) is 7.06. The van der Waals surface area contributed by atoms with E-state index < -0.39 is 15.8 Å². The first kappa shape index (κ1) is 23.6. The van der Waals surface area contributed by atoms with Crippen LogP contribution in [0.1, 0.15) is 34.3 Å². The van der Waals surface area contributed by atoms with Gasteiger partial charge in [-0.1, -0.05) is 12.1 Å². The molecule has 182 valence electrons. The second-order valence-electron chi connectivity index (χ2n) is 9.28. The number of halogens is 1. The molecule has 0 aliphatic carbocycles. The van der Waals surface area contributed by atoms with Gasteiger partial charge in [0.15, 0.2) is 5.78 Å². The highest BCUT2D eigenvalue weighted by molar-refractivity contribution is 7.89. The lowest BCUT2D eigenvalue weighted by atomic mass is 9.89. The van der Waals surface area contributed by atoms with E-state index >= 15 is 0 Å². The van der Waals surface area contributed by atoms with Gasteiger partial charge in [-0.25, -0.2) is 12.8 Å². The van der Waals surface area contributed by atoms with Crippen molar-refractivity contribution in [2.75, 3.05) is 45.9 Å². The molecule has 0 saturated carbocycles. The number of piperidine rings is 1. The van der Waals surface area contributed by atoms with Crippen LogP contribution in [0.3, 0.4) is 0 Å². The van der Waals surface area contributed by atoms with Crippen molar-refractivity contribution in [1.82, 2.24) is 9.21 Å². The molecule has 5 rings (SSSR count). The number of likely N-dealkylation sites (tertiary alicyclic amines) is 1. The summed E-state index contributed by atoms with van der Waals surface area (Å²) in [6.45, 7) is 5.15. The van der Waals surface area contributed by atoms with E-state index in [0.717, 1.165) is 5.56 Å². The summed E-state index contributed by atoms with van der Waals surface area (Å²) in [5.74, 6) is -1.46. The third-order valence-corrected chi connectivity index (χ3v) is 8.94. The summed E-state index contributed by atoms with van der Waals surface area (Å²) < 4.78 is 53.4. The number of hydrogen-bond donors (Lipinski definition) is 0. The Labute approximate surface area is 199 Å². The van der Waals surface area contributed by atoms with Gasteiger partial charge in [0.1, 0.15) is 5.82 Å². The number of ether oxygens (including phenoxy) is 2. The van der Waals surface area contributed by atoms with Gasteiger partial charge < -0.3 is 14.4 Å². The van der Waals surface area contributed by atoms with Crippen LogP contribution in [0.4, 0.5) is 4.39 Å². The predicted molar refractivity (Wildman–Crippen MR) is 123 cm³/mol. The second kappa shape index (κ2) is 9.13. The van der Waals surface area contributed by atoms with Crippen LogP contribution < -0.4 is 0 Å². The fourth-order valence-electron chi connectivity index (χ4n) is 5.12. The maximum Gasteiger partial charge on any atom is 0.243 e. The largest absolute Gasteiger partial charge is 0.342 e. The molecule has 3 aliphatic heterocycles. The van der Waals surface area contributed by atoms with E-state index in [1.54, 1.807) is 12.1 Å². The van der Waals surface area contributed by atoms with Crippen molar-refractivity contribution in [2.45, 2.75) is 30.4 Å². The highest BCUT2D eigenvalue weighted by Gasteiger charge is 2.50. The molecule has 1 spiro atoms. The minimum atomic E-state index is -3.67. The molecule has 3 aliphatic rings. The SMILES string of the molecule is Cc1ccc2c(c1)S(=O)(=O)N(CCN1CCC(C(=O)c3ccc(F)cc3)CC1)CC21OCCO1. The molecule has 2 aromatic carbocycles. The summed E-state index contributed by atoms with van der Waals surface area (Å²) in [5.41, 5.74) is 1.98. The summed E-state index contributed by atoms with van der Waals surface area (Å²) in [4.78, 5) is 15.2. The van der Waals surface area contributed by atoms with Crippen LogP contribution in [0, 0.1) is 18.7 Å². The van der Waals surface area contributed by atoms with Crippen LogP contribution in [0.5, 0.6) is 0 Å². The second-order valence-corrected chi connectivity index (χ2v) is 11.2. The number of carbonyl (C=O) groups is 1. The van der Waals surface area contributed by atoms with Crippen LogP contribution in [-0.4, -0.2) is 69.3 Å². The Bertz CT molecular complexity index is 1170. The summed E-state index contributed by atoms with van der Waals surface area (Å²) in [7, 11) is -3.67. The first-order valence-electron chi connectivity index (χ1n) is 11.7. The van der Waals surface area contributed by atoms with Crippen molar-refractivity contribution in [3.63, 3.8) is 0 Å². The van der Waals surface area contributed by atoms with Gasteiger partial charge in [0, 0.05) is 30.1 Å². The number of hydrogen-bond acceptors (Lipinski definition) is 6. The van der Waals surface area contributed by atoms with Crippen molar-refractivity contribution >= 4 is 15.8 Å². The van der Waals surface area contributed by atoms with Crippen LogP contribution >= 0.6 is 0 Å². The molecule has 0 N–H and O–H groups in total. The number of carbonyl (C=O) groups excluding carboxylic acids is 1. The molecule has 0 radical (unpaired) electrons. The van der Waals surface area contributed by atoms with E-state index in [2.05, 4.69) is 4.90 Å². The molecule has 0 aromatic heterocycles. The highest BCUT2D eigenvalue weighted by Crippen LogP contribution is 2.42. The van der Waals surface area contributed by atoms with Crippen molar-refractivity contribution in [3.8, 4) is 0 Å². The first-order chi connectivity index (χ1) is 16.3. The molecule has 2 fully saturated rings. The molecule has 34 heavy (non-hydrogen) atoms. The maximum absolute atomic E-state index is 13.4. The molecule has 0 unspecified atom stereocenters. The van der Waals surface area contributed by atoms with E-state index in [0.29, 0.717) is 63.4 Å². The summed E-state index contributed by atoms with van der Waals surface area (Å²) in [5, 5.41) is 0. The predicted octanol–water partition coefficient (Wildman–Crippen LogP) is 2.93. The topological polar surface area (TPSA) is 76.2 Å². The molecule has 0 atom stereocenters. The molecule has 7 nitrogen and oxygen atoms in total. The molecular formula is C25H29FN2O5S. The Kier molecular flexibility index (Phi) is 6.32. The van der Waals surface area contributed by atoms with Gasteiger partial charge in [-0.05, 0) is 68.8 Å². The number of Topliss-reactive ketones (excluding diaryl/α,β-unsaturated/α-hetero) is 1. The van der Waals surface area contributed by atoms with E-state index in [1.807, 2.05) is 13.0 Å². The summed E-state index contributed by atoms with van der Waals surface area (Å²) in [6.07, 6.45) is 1.39. The van der Waals surface area contributed by atoms with E-state index in [4.69, 9.17) is 9.47 Å². The standard InChI is InChI=1S/C25H29FN2O5S/c1-18-2-7-22-23(16-18)34(30,31)28(17-25(22)32-14-15-33-25)13-12-27-10-8-20(9-11-27)24(29)19-3-5-21(26)6-4-19/h2-7,16,20H,8-15,17H2,1H3. The number of nitrogens with zero attached hydrogens (tertiary/aromatic N) is 2. The number of aryl methyl sites for hydroxylation is 1. The minimum Gasteiger partial charge on any atom is -0.342 e. The monoisotopic (exact) mass is 488 g/mol. The summed E-state index contributed by atoms with van der Waals surface area (Å²) >= 11 is 0. The Morgan fingerprint density at radius 3 is 2.41 bits per heavy atom. The van der Waals surface area contributed by atoms with Crippen LogP contribution in [-0.2, 0) is 25.3 Å². The first-order valence-corrected chi connectivity index (χ1v) is 13.1. The minimum absolute atomic E-state index is 0.0442. The lowest BCUT2D eigenvalue weighted by Crippen LogP contribution is -2.52. The number of rotatable bonds is 5. The van der Waals surface area contributed by atoms with Gasteiger partial charge in [-0.15, -0.1) is 0 Å². The third kappa shape index (κ3) is 4.31. The fraction of sp³-hybridized carbons (Fsp3) is 0.480. The average molecular weight is 489 g/mol. The van der Waals surface area contributed by atoms with Crippen molar-refractivity contribution in [1.29, 1.82) is 0 Å². The van der Waals surface area contributed by atoms with E-state index in [1.165, 1.54) is 28.6 Å². The Hall–Kier alpha value is -2.17. The van der Waals surface area contributed by atoms with Gasteiger partial charge in [0.2, 0.25) is 15.8 Å². The molecule has 0 bridgehead atoms. The highest BCUT2D eigenvalue weighted by atomic mass is 32.2. The smallest absolute Gasteiger partial charge is 0.243 e. The zero-order valence-electron chi connectivity index (χ0n) is 19.2. The lowest BCUT2D eigenvalue weighted by Gasteiger charge is -2.40. The molecule has 2 saturated heterocycles. The molecule has 0 amide bonds. The van der Waals surface area contributed by atoms with Crippen molar-refractivity contribution in [3.05, 3.63) is 65.0 Å².